The lowest BCUT2D eigenvalue weighted by atomic mass is 10.1. The summed E-state index contributed by atoms with van der Waals surface area (Å²) in [5.41, 5.74) is 3.69. The smallest absolute Gasteiger partial charge is 0.143 e. The summed E-state index contributed by atoms with van der Waals surface area (Å²) >= 11 is 0. The Balaban J connectivity index is 2.75. The average Bonchev–Trinajstić information content (AvgIpc) is 2.38. The van der Waals surface area contributed by atoms with E-state index in [1.165, 1.54) is 0 Å². The largest absolute Gasteiger partial charge is 0.308 e. The van der Waals surface area contributed by atoms with E-state index in [9.17, 15) is 0 Å². The molecule has 5 heteroatoms. The van der Waals surface area contributed by atoms with Crippen LogP contribution in [0.25, 0.3) is 0 Å². The number of hydrogen-bond donors (Lipinski definition) is 2. The summed E-state index contributed by atoms with van der Waals surface area (Å²) in [5, 5.41) is 0. The lowest BCUT2D eigenvalue weighted by Crippen LogP contribution is -2.26. The van der Waals surface area contributed by atoms with Crippen LogP contribution >= 0.6 is 0 Å². The summed E-state index contributed by atoms with van der Waals surface area (Å²) in [7, 11) is 0. The molecule has 0 spiro atoms. The molecule has 19 heavy (non-hydrogen) atoms. The number of nitrogens with zero attached hydrogens (tertiary/aromatic N) is 3. The highest BCUT2D eigenvalue weighted by molar-refractivity contribution is 5.34. The lowest BCUT2D eigenvalue weighted by molar-refractivity contribution is 0.305. The Morgan fingerprint density at radius 2 is 1.95 bits per heavy atom. The van der Waals surface area contributed by atoms with Crippen LogP contribution < -0.4 is 11.3 Å². The Bertz CT molecular complexity index is 374. The SMILES string of the molecule is CCN(CC)CCc1nc(CC(C)C)cc(NN)n1. The highest BCUT2D eigenvalue weighted by Gasteiger charge is 2.07. The van der Waals surface area contributed by atoms with Gasteiger partial charge in [-0.3, -0.25) is 0 Å². The molecule has 3 N–H and O–H groups in total. The minimum atomic E-state index is 0.580. The highest BCUT2D eigenvalue weighted by atomic mass is 15.3. The minimum absolute atomic E-state index is 0.580. The number of likely N-dealkylation sites (N-methyl/N-ethyl adjacent to an activating group) is 1. The molecule has 1 heterocycles. The van der Waals surface area contributed by atoms with Crippen molar-refractivity contribution in [2.24, 2.45) is 11.8 Å². The van der Waals surface area contributed by atoms with Gasteiger partial charge in [-0.1, -0.05) is 27.7 Å². The first-order valence-electron chi connectivity index (χ1n) is 7.14. The fraction of sp³-hybridized carbons (Fsp3) is 0.714. The van der Waals surface area contributed by atoms with E-state index in [1.54, 1.807) is 0 Å². The first-order chi connectivity index (χ1) is 9.08. The van der Waals surface area contributed by atoms with E-state index >= 15 is 0 Å². The Morgan fingerprint density at radius 3 is 2.47 bits per heavy atom. The molecule has 1 aromatic heterocycles. The van der Waals surface area contributed by atoms with Crippen LogP contribution in [0.1, 0.15) is 39.2 Å². The molecule has 108 valence electrons. The quantitative estimate of drug-likeness (QED) is 0.554. The van der Waals surface area contributed by atoms with E-state index in [1.807, 2.05) is 6.07 Å². The molecule has 0 unspecified atom stereocenters. The Morgan fingerprint density at radius 1 is 1.26 bits per heavy atom. The van der Waals surface area contributed by atoms with Crippen LogP contribution in [0.2, 0.25) is 0 Å². The topological polar surface area (TPSA) is 67.1 Å². The zero-order valence-electron chi connectivity index (χ0n) is 12.6. The van der Waals surface area contributed by atoms with Gasteiger partial charge >= 0.3 is 0 Å². The molecule has 0 amide bonds. The first kappa shape index (κ1) is 15.9. The Hall–Kier alpha value is -1.20. The third kappa shape index (κ3) is 5.53. The van der Waals surface area contributed by atoms with Crippen LogP contribution in [0.5, 0.6) is 0 Å². The average molecular weight is 265 g/mol. The van der Waals surface area contributed by atoms with Gasteiger partial charge < -0.3 is 10.3 Å². The molecular weight excluding hydrogens is 238 g/mol. The first-order valence-corrected chi connectivity index (χ1v) is 7.14. The van der Waals surface area contributed by atoms with Gasteiger partial charge in [0.05, 0.1) is 0 Å². The van der Waals surface area contributed by atoms with Crippen molar-refractivity contribution in [2.75, 3.05) is 25.1 Å². The number of rotatable bonds is 8. The van der Waals surface area contributed by atoms with E-state index in [2.05, 4.69) is 48.0 Å². The van der Waals surface area contributed by atoms with Crippen LogP contribution in [0.4, 0.5) is 5.82 Å². The molecule has 1 rings (SSSR count). The fourth-order valence-corrected chi connectivity index (χ4v) is 2.06. The van der Waals surface area contributed by atoms with Crippen molar-refractivity contribution in [2.45, 2.75) is 40.5 Å². The van der Waals surface area contributed by atoms with Crippen LogP contribution in [0.15, 0.2) is 6.07 Å². The van der Waals surface area contributed by atoms with Gasteiger partial charge in [0, 0.05) is 24.7 Å². The number of hydrazine groups is 1. The molecule has 0 radical (unpaired) electrons. The maximum atomic E-state index is 5.48. The summed E-state index contributed by atoms with van der Waals surface area (Å²) < 4.78 is 0. The van der Waals surface area contributed by atoms with Gasteiger partial charge in [0.15, 0.2) is 0 Å². The number of nitrogens with two attached hydrogens (primary N) is 1. The number of nitrogen functional groups attached to an aromatic ring is 1. The molecule has 1 aromatic rings. The summed E-state index contributed by atoms with van der Waals surface area (Å²) in [6.07, 6.45) is 1.82. The molecule has 0 aliphatic rings. The predicted octanol–water partition coefficient (Wildman–Crippen LogP) is 1.84. The van der Waals surface area contributed by atoms with Crippen molar-refractivity contribution in [3.05, 3.63) is 17.6 Å². The predicted molar refractivity (Wildman–Crippen MR) is 79.9 cm³/mol. The van der Waals surface area contributed by atoms with Gasteiger partial charge in [-0.05, 0) is 25.4 Å². The third-order valence-corrected chi connectivity index (χ3v) is 3.14. The third-order valence-electron chi connectivity index (χ3n) is 3.14. The van der Waals surface area contributed by atoms with Gasteiger partial charge in [0.25, 0.3) is 0 Å². The Kier molecular flexibility index (Phi) is 6.73. The van der Waals surface area contributed by atoms with Crippen LogP contribution in [-0.4, -0.2) is 34.5 Å². The standard InChI is InChI=1S/C14H27N5/c1-5-19(6-2)8-7-13-16-12(9-11(3)4)10-14(17-13)18-15/h10-11H,5-9,15H2,1-4H3,(H,16,17,18). The molecule has 0 aliphatic carbocycles. The normalized spacial score (nSPS) is 11.3. The van der Waals surface area contributed by atoms with Crippen molar-refractivity contribution in [1.82, 2.24) is 14.9 Å². The van der Waals surface area contributed by atoms with Gasteiger partial charge in [0.1, 0.15) is 11.6 Å². The summed E-state index contributed by atoms with van der Waals surface area (Å²) in [6, 6.07) is 1.93. The van der Waals surface area contributed by atoms with E-state index < -0.39 is 0 Å². The van der Waals surface area contributed by atoms with Crippen molar-refractivity contribution in [1.29, 1.82) is 0 Å². The molecule has 0 fully saturated rings. The zero-order chi connectivity index (χ0) is 14.3. The monoisotopic (exact) mass is 265 g/mol. The summed E-state index contributed by atoms with van der Waals surface area (Å²) in [4.78, 5) is 11.4. The molecule has 0 saturated carbocycles. The van der Waals surface area contributed by atoms with Gasteiger partial charge in [-0.25, -0.2) is 15.8 Å². The van der Waals surface area contributed by atoms with Crippen LogP contribution in [0, 0.1) is 5.92 Å². The van der Waals surface area contributed by atoms with Crippen LogP contribution in [-0.2, 0) is 12.8 Å². The number of hydrogen-bond acceptors (Lipinski definition) is 5. The van der Waals surface area contributed by atoms with Crippen molar-refractivity contribution in [3.63, 3.8) is 0 Å². The fourth-order valence-electron chi connectivity index (χ4n) is 2.06. The van der Waals surface area contributed by atoms with E-state index in [-0.39, 0.29) is 0 Å². The van der Waals surface area contributed by atoms with Gasteiger partial charge in [-0.2, -0.15) is 0 Å². The number of anilines is 1. The van der Waals surface area contributed by atoms with Crippen molar-refractivity contribution < 1.29 is 0 Å². The van der Waals surface area contributed by atoms with E-state index in [0.717, 1.165) is 44.0 Å². The second kappa shape index (κ2) is 8.07. The van der Waals surface area contributed by atoms with Crippen LogP contribution in [0.3, 0.4) is 0 Å². The summed E-state index contributed by atoms with van der Waals surface area (Å²) in [6.45, 7) is 11.8. The maximum absolute atomic E-state index is 5.48. The van der Waals surface area contributed by atoms with E-state index in [0.29, 0.717) is 11.7 Å². The number of nitrogens with one attached hydrogen (secondary N) is 1. The molecule has 0 atom stereocenters. The highest BCUT2D eigenvalue weighted by Crippen LogP contribution is 2.11. The lowest BCUT2D eigenvalue weighted by Gasteiger charge is -2.17. The zero-order valence-corrected chi connectivity index (χ0v) is 12.6. The molecular formula is C14H27N5. The summed E-state index contributed by atoms with van der Waals surface area (Å²) in [5.74, 6) is 7.64. The molecule has 5 nitrogen and oxygen atoms in total. The molecule has 0 saturated heterocycles. The number of aromatic nitrogens is 2. The second-order valence-corrected chi connectivity index (χ2v) is 5.18. The molecule has 0 aromatic carbocycles. The van der Waals surface area contributed by atoms with Gasteiger partial charge in [-0.15, -0.1) is 0 Å². The van der Waals surface area contributed by atoms with E-state index in [4.69, 9.17) is 5.84 Å². The second-order valence-electron chi connectivity index (χ2n) is 5.18. The molecule has 0 aliphatic heterocycles. The maximum Gasteiger partial charge on any atom is 0.143 e. The van der Waals surface area contributed by atoms with Gasteiger partial charge in [0.2, 0.25) is 0 Å². The van der Waals surface area contributed by atoms with Crippen molar-refractivity contribution in [3.8, 4) is 0 Å². The molecule has 0 bridgehead atoms. The minimum Gasteiger partial charge on any atom is -0.308 e. The Labute approximate surface area is 116 Å². The van der Waals surface area contributed by atoms with Crippen molar-refractivity contribution >= 4 is 5.82 Å².